The van der Waals surface area contributed by atoms with E-state index in [9.17, 15) is 5.11 Å². The van der Waals surface area contributed by atoms with Crippen LogP contribution in [0.15, 0.2) is 24.3 Å². The maximum absolute atomic E-state index is 10.3. The second-order valence-electron chi connectivity index (χ2n) is 7.34. The monoisotopic (exact) mass is 309 g/mol. The maximum atomic E-state index is 10.3. The number of hydrogen-bond acceptors (Lipinski definition) is 2. The Morgan fingerprint density at radius 3 is 2.52 bits per heavy atom. The Bertz CT molecular complexity index is 447. The van der Waals surface area contributed by atoms with Crippen LogP contribution in [0.3, 0.4) is 0 Å². The summed E-state index contributed by atoms with van der Waals surface area (Å²) in [5.74, 6) is 0.826. The van der Waals surface area contributed by atoms with E-state index in [4.69, 9.17) is 11.6 Å². The van der Waals surface area contributed by atoms with Gasteiger partial charge in [0.25, 0.3) is 0 Å². The quantitative estimate of drug-likeness (QED) is 0.884. The molecule has 0 spiro atoms. The normalized spacial score (nSPS) is 19.7. The molecule has 1 aliphatic rings. The molecule has 118 valence electrons. The Hall–Kier alpha value is -0.570. The molecule has 2 rings (SSSR count). The Labute approximate surface area is 134 Å². The molecule has 0 bridgehead atoms. The summed E-state index contributed by atoms with van der Waals surface area (Å²) in [7, 11) is 0. The van der Waals surface area contributed by atoms with Crippen molar-refractivity contribution < 1.29 is 5.11 Å². The first-order valence-electron chi connectivity index (χ1n) is 8.02. The van der Waals surface area contributed by atoms with Gasteiger partial charge < -0.3 is 10.0 Å². The number of likely N-dealkylation sites (tertiary alicyclic amines) is 1. The van der Waals surface area contributed by atoms with Gasteiger partial charge in [-0.3, -0.25) is 0 Å². The molecule has 1 aromatic carbocycles. The number of halogens is 1. The highest BCUT2D eigenvalue weighted by Gasteiger charge is 2.28. The molecular weight excluding hydrogens is 282 g/mol. The molecular formula is C18H28ClNO. The van der Waals surface area contributed by atoms with Crippen molar-refractivity contribution >= 4 is 11.6 Å². The van der Waals surface area contributed by atoms with Crippen molar-refractivity contribution in [2.24, 2.45) is 11.3 Å². The predicted molar refractivity (Wildman–Crippen MR) is 89.6 cm³/mol. The topological polar surface area (TPSA) is 23.5 Å². The first-order valence-corrected chi connectivity index (χ1v) is 8.40. The van der Waals surface area contributed by atoms with Gasteiger partial charge in [0.2, 0.25) is 0 Å². The van der Waals surface area contributed by atoms with E-state index >= 15 is 0 Å². The highest BCUT2D eigenvalue weighted by atomic mass is 35.5. The lowest BCUT2D eigenvalue weighted by molar-refractivity contribution is 0.0915. The van der Waals surface area contributed by atoms with Gasteiger partial charge in [0, 0.05) is 11.6 Å². The minimum atomic E-state index is -0.413. The van der Waals surface area contributed by atoms with Crippen LogP contribution in [0.2, 0.25) is 5.02 Å². The zero-order valence-corrected chi connectivity index (χ0v) is 14.2. The average Bonchev–Trinajstić information content (AvgIpc) is 2.44. The van der Waals surface area contributed by atoms with Crippen LogP contribution in [-0.4, -0.2) is 29.6 Å². The van der Waals surface area contributed by atoms with E-state index in [1.54, 1.807) is 0 Å². The van der Waals surface area contributed by atoms with E-state index in [2.05, 4.69) is 25.7 Å². The van der Waals surface area contributed by atoms with E-state index < -0.39 is 6.10 Å². The standard InChI is InChI=1S/C18H28ClNO/c1-18(2,3)15-7-10-20(11-8-15)12-9-17(21)14-5-4-6-16(19)13-14/h4-6,13,15,17,21H,7-12H2,1-3H3. The van der Waals surface area contributed by atoms with Gasteiger partial charge in [-0.1, -0.05) is 44.5 Å². The molecule has 1 saturated heterocycles. The minimum absolute atomic E-state index is 0.413. The summed E-state index contributed by atoms with van der Waals surface area (Å²) in [5, 5.41) is 11.0. The number of hydrogen-bond donors (Lipinski definition) is 1. The summed E-state index contributed by atoms with van der Waals surface area (Å²) in [6.07, 6.45) is 2.91. The fraction of sp³-hybridized carbons (Fsp3) is 0.667. The molecule has 2 nitrogen and oxygen atoms in total. The third-order valence-corrected chi connectivity index (χ3v) is 5.00. The molecule has 1 heterocycles. The van der Waals surface area contributed by atoms with Gasteiger partial charge in [0.15, 0.2) is 0 Å². The average molecular weight is 310 g/mol. The third-order valence-electron chi connectivity index (χ3n) is 4.76. The molecule has 0 amide bonds. The molecule has 0 saturated carbocycles. The predicted octanol–water partition coefficient (Wildman–Crippen LogP) is 4.52. The summed E-state index contributed by atoms with van der Waals surface area (Å²) in [4.78, 5) is 2.48. The van der Waals surface area contributed by atoms with Crippen LogP contribution in [0.1, 0.15) is 51.7 Å². The summed E-state index contributed by atoms with van der Waals surface area (Å²) < 4.78 is 0. The van der Waals surface area contributed by atoms with E-state index in [1.807, 2.05) is 24.3 Å². The highest BCUT2D eigenvalue weighted by molar-refractivity contribution is 6.30. The number of aliphatic hydroxyl groups excluding tert-OH is 1. The summed E-state index contributed by atoms with van der Waals surface area (Å²) in [6, 6.07) is 7.55. The van der Waals surface area contributed by atoms with Crippen molar-refractivity contribution in [2.75, 3.05) is 19.6 Å². The first kappa shape index (κ1) is 16.8. The highest BCUT2D eigenvalue weighted by Crippen LogP contribution is 2.34. The van der Waals surface area contributed by atoms with Gasteiger partial charge in [-0.05, 0) is 61.4 Å². The maximum Gasteiger partial charge on any atom is 0.0802 e. The molecule has 0 radical (unpaired) electrons. The largest absolute Gasteiger partial charge is 0.388 e. The molecule has 1 aliphatic heterocycles. The third kappa shape index (κ3) is 4.98. The summed E-state index contributed by atoms with van der Waals surface area (Å²) in [5.41, 5.74) is 1.35. The van der Waals surface area contributed by atoms with Gasteiger partial charge in [-0.15, -0.1) is 0 Å². The second kappa shape index (κ2) is 7.13. The molecule has 1 fully saturated rings. The van der Waals surface area contributed by atoms with Crippen LogP contribution in [0, 0.1) is 11.3 Å². The van der Waals surface area contributed by atoms with E-state index in [0.29, 0.717) is 10.4 Å². The zero-order chi connectivity index (χ0) is 15.5. The van der Waals surface area contributed by atoms with Crippen molar-refractivity contribution in [3.8, 4) is 0 Å². The number of nitrogens with zero attached hydrogens (tertiary/aromatic N) is 1. The van der Waals surface area contributed by atoms with Crippen LogP contribution in [0.5, 0.6) is 0 Å². The molecule has 0 aliphatic carbocycles. The van der Waals surface area contributed by atoms with Crippen LogP contribution in [0.4, 0.5) is 0 Å². The second-order valence-corrected chi connectivity index (χ2v) is 7.78. The van der Waals surface area contributed by atoms with Crippen LogP contribution >= 0.6 is 11.6 Å². The molecule has 1 unspecified atom stereocenters. The molecule has 1 aromatic rings. The lowest BCUT2D eigenvalue weighted by atomic mass is 9.75. The Morgan fingerprint density at radius 2 is 1.95 bits per heavy atom. The van der Waals surface area contributed by atoms with Crippen molar-refractivity contribution in [2.45, 2.75) is 46.1 Å². The van der Waals surface area contributed by atoms with Crippen LogP contribution in [0.25, 0.3) is 0 Å². The van der Waals surface area contributed by atoms with Gasteiger partial charge >= 0.3 is 0 Å². The lowest BCUT2D eigenvalue weighted by Crippen LogP contribution is -2.38. The molecule has 1 N–H and O–H groups in total. The fourth-order valence-corrected chi connectivity index (χ4v) is 3.41. The number of aliphatic hydroxyl groups is 1. The smallest absolute Gasteiger partial charge is 0.0802 e. The molecule has 0 aromatic heterocycles. The van der Waals surface area contributed by atoms with Crippen molar-refractivity contribution in [1.82, 2.24) is 4.90 Å². The van der Waals surface area contributed by atoms with Gasteiger partial charge in [0.05, 0.1) is 6.10 Å². The van der Waals surface area contributed by atoms with Gasteiger partial charge in [-0.25, -0.2) is 0 Å². The fourth-order valence-electron chi connectivity index (χ4n) is 3.21. The number of rotatable bonds is 4. The Kier molecular flexibility index (Phi) is 5.70. The van der Waals surface area contributed by atoms with Crippen LogP contribution in [-0.2, 0) is 0 Å². The van der Waals surface area contributed by atoms with Gasteiger partial charge in [0.1, 0.15) is 0 Å². The van der Waals surface area contributed by atoms with E-state index in [-0.39, 0.29) is 0 Å². The van der Waals surface area contributed by atoms with Crippen LogP contribution < -0.4 is 0 Å². The van der Waals surface area contributed by atoms with E-state index in [1.165, 1.54) is 12.8 Å². The molecule has 3 heteroatoms. The van der Waals surface area contributed by atoms with Crippen molar-refractivity contribution in [3.63, 3.8) is 0 Å². The Morgan fingerprint density at radius 1 is 1.29 bits per heavy atom. The Balaban J connectivity index is 1.77. The number of benzene rings is 1. The molecule has 21 heavy (non-hydrogen) atoms. The lowest BCUT2D eigenvalue weighted by Gasteiger charge is -2.39. The minimum Gasteiger partial charge on any atom is -0.388 e. The van der Waals surface area contributed by atoms with Crippen molar-refractivity contribution in [3.05, 3.63) is 34.9 Å². The van der Waals surface area contributed by atoms with Crippen molar-refractivity contribution in [1.29, 1.82) is 0 Å². The first-order chi connectivity index (χ1) is 9.86. The zero-order valence-electron chi connectivity index (χ0n) is 13.5. The van der Waals surface area contributed by atoms with E-state index in [0.717, 1.165) is 37.5 Å². The summed E-state index contributed by atoms with van der Waals surface area (Å²) in [6.45, 7) is 10.3. The molecule has 1 atom stereocenters. The summed E-state index contributed by atoms with van der Waals surface area (Å²) >= 11 is 5.97. The number of piperidine rings is 1. The van der Waals surface area contributed by atoms with Gasteiger partial charge in [-0.2, -0.15) is 0 Å². The SMILES string of the molecule is CC(C)(C)C1CCN(CCC(O)c2cccc(Cl)c2)CC1.